The first-order valence-electron chi connectivity index (χ1n) is 7.50. The van der Waals surface area contributed by atoms with Crippen molar-refractivity contribution < 1.29 is 4.79 Å². The van der Waals surface area contributed by atoms with Crippen molar-refractivity contribution in [3.05, 3.63) is 22.9 Å². The second-order valence-electron chi connectivity index (χ2n) is 5.63. The van der Waals surface area contributed by atoms with E-state index in [0.29, 0.717) is 11.6 Å². The second kappa shape index (κ2) is 5.40. The maximum atomic E-state index is 11.8. The Morgan fingerprint density at radius 2 is 2.20 bits per heavy atom. The number of rotatable bonds is 4. The van der Waals surface area contributed by atoms with Crippen LogP contribution in [0.25, 0.3) is 0 Å². The van der Waals surface area contributed by atoms with Gasteiger partial charge in [0.1, 0.15) is 5.82 Å². The molecular weight excluding hydrogens is 252 g/mol. The lowest BCUT2D eigenvalue weighted by atomic mass is 9.94. The number of fused-ring (bicyclic) bond motifs is 1. The average Bonchev–Trinajstić information content (AvgIpc) is 2.41. The molecule has 20 heavy (non-hydrogen) atoms. The Morgan fingerprint density at radius 1 is 1.45 bits per heavy atom. The van der Waals surface area contributed by atoms with E-state index in [1.807, 2.05) is 6.07 Å². The number of nitrogens with two attached hydrogens (primary N) is 1. The zero-order chi connectivity index (χ0) is 14.1. The van der Waals surface area contributed by atoms with Crippen molar-refractivity contribution in [3.63, 3.8) is 0 Å². The van der Waals surface area contributed by atoms with Crippen LogP contribution in [0.5, 0.6) is 0 Å². The van der Waals surface area contributed by atoms with Crippen molar-refractivity contribution in [2.24, 2.45) is 5.73 Å². The fraction of sp³-hybridized carbons (Fsp3) is 0.600. The molecule has 3 rings (SSSR count). The van der Waals surface area contributed by atoms with Crippen LogP contribution in [0.1, 0.15) is 41.4 Å². The lowest BCUT2D eigenvalue weighted by Crippen LogP contribution is -2.58. The number of amides is 1. The number of hydrogen-bond acceptors (Lipinski definition) is 4. The highest BCUT2D eigenvalue weighted by atomic mass is 16.1. The normalized spacial score (nSPS) is 18.2. The molecule has 0 radical (unpaired) electrons. The maximum Gasteiger partial charge on any atom is 0.252 e. The predicted molar refractivity (Wildman–Crippen MR) is 79.1 cm³/mol. The molecule has 2 aliphatic rings. The number of aromatic nitrogens is 1. The third-order valence-corrected chi connectivity index (χ3v) is 4.36. The molecule has 1 aliphatic heterocycles. The van der Waals surface area contributed by atoms with Gasteiger partial charge in [-0.3, -0.25) is 4.79 Å². The first-order chi connectivity index (χ1) is 9.70. The summed E-state index contributed by atoms with van der Waals surface area (Å²) < 4.78 is 0. The van der Waals surface area contributed by atoms with Gasteiger partial charge >= 0.3 is 0 Å². The minimum absolute atomic E-state index is 0.369. The average molecular weight is 274 g/mol. The predicted octanol–water partition coefficient (Wildman–Crippen LogP) is 0.857. The standard InChI is InChI=1S/C15H22N4O/c1-2-19(11-8-17-9-11)15-12(14(16)20)7-10-5-3-4-6-13(10)18-15/h7,11,17H,2-6,8-9H2,1H3,(H2,16,20). The van der Waals surface area contributed by atoms with E-state index in [4.69, 9.17) is 10.7 Å². The number of hydrogen-bond donors (Lipinski definition) is 2. The van der Waals surface area contributed by atoms with E-state index in [1.165, 1.54) is 18.4 Å². The summed E-state index contributed by atoms with van der Waals surface area (Å²) >= 11 is 0. The Balaban J connectivity index is 2.04. The van der Waals surface area contributed by atoms with Crippen LogP contribution >= 0.6 is 0 Å². The molecule has 1 fully saturated rings. The minimum Gasteiger partial charge on any atom is -0.365 e. The van der Waals surface area contributed by atoms with Gasteiger partial charge in [0, 0.05) is 25.3 Å². The summed E-state index contributed by atoms with van der Waals surface area (Å²) in [6.07, 6.45) is 4.39. The summed E-state index contributed by atoms with van der Waals surface area (Å²) in [5, 5.41) is 3.27. The van der Waals surface area contributed by atoms with Gasteiger partial charge in [-0.05, 0) is 44.2 Å². The van der Waals surface area contributed by atoms with Crippen molar-refractivity contribution in [2.45, 2.75) is 38.6 Å². The van der Waals surface area contributed by atoms with Gasteiger partial charge in [-0.2, -0.15) is 0 Å². The molecule has 0 unspecified atom stereocenters. The Morgan fingerprint density at radius 3 is 2.80 bits per heavy atom. The molecule has 1 aliphatic carbocycles. The van der Waals surface area contributed by atoms with Crippen LogP contribution in [0.4, 0.5) is 5.82 Å². The Kier molecular flexibility index (Phi) is 3.61. The largest absolute Gasteiger partial charge is 0.365 e. The molecule has 1 saturated heterocycles. The maximum absolute atomic E-state index is 11.8. The summed E-state index contributed by atoms with van der Waals surface area (Å²) in [6, 6.07) is 2.40. The Labute approximate surface area is 119 Å². The highest BCUT2D eigenvalue weighted by molar-refractivity contribution is 5.98. The summed E-state index contributed by atoms with van der Waals surface area (Å²) in [4.78, 5) is 18.8. The smallest absolute Gasteiger partial charge is 0.252 e. The third-order valence-electron chi connectivity index (χ3n) is 4.36. The van der Waals surface area contributed by atoms with Crippen LogP contribution in [-0.2, 0) is 12.8 Å². The molecule has 0 aromatic carbocycles. The van der Waals surface area contributed by atoms with Gasteiger partial charge in [-0.25, -0.2) is 4.98 Å². The topological polar surface area (TPSA) is 71.2 Å². The summed E-state index contributed by atoms with van der Waals surface area (Å²) in [5.74, 6) is 0.416. The van der Waals surface area contributed by atoms with Gasteiger partial charge in [0.2, 0.25) is 0 Å². The number of primary amides is 1. The molecule has 2 heterocycles. The van der Waals surface area contributed by atoms with Gasteiger partial charge in [0.25, 0.3) is 5.91 Å². The first-order valence-corrected chi connectivity index (χ1v) is 7.50. The molecule has 0 spiro atoms. The van der Waals surface area contributed by atoms with E-state index < -0.39 is 0 Å². The van der Waals surface area contributed by atoms with Crippen LogP contribution < -0.4 is 16.0 Å². The monoisotopic (exact) mass is 274 g/mol. The minimum atomic E-state index is -0.369. The molecule has 1 aromatic heterocycles. The molecule has 0 atom stereocenters. The van der Waals surface area contributed by atoms with E-state index >= 15 is 0 Å². The number of nitrogens with zero attached hydrogens (tertiary/aromatic N) is 2. The van der Waals surface area contributed by atoms with Gasteiger partial charge in [0.15, 0.2) is 0 Å². The molecule has 5 nitrogen and oxygen atoms in total. The fourth-order valence-electron chi connectivity index (χ4n) is 3.10. The molecule has 3 N–H and O–H groups in total. The lowest BCUT2D eigenvalue weighted by molar-refractivity contribution is 0.1000. The number of carbonyl (C=O) groups is 1. The van der Waals surface area contributed by atoms with Gasteiger partial charge in [-0.1, -0.05) is 0 Å². The molecule has 1 amide bonds. The summed E-state index contributed by atoms with van der Waals surface area (Å²) in [5.41, 5.74) is 8.52. The quantitative estimate of drug-likeness (QED) is 0.854. The molecule has 0 bridgehead atoms. The van der Waals surface area contributed by atoms with Crippen LogP contribution in [0.15, 0.2) is 6.07 Å². The third kappa shape index (κ3) is 2.26. The SMILES string of the molecule is CCN(c1nc2c(cc1C(N)=O)CCCC2)C1CNC1. The number of anilines is 1. The number of nitrogens with one attached hydrogen (secondary N) is 1. The molecule has 1 aromatic rings. The van der Waals surface area contributed by atoms with E-state index in [0.717, 1.165) is 44.0 Å². The zero-order valence-electron chi connectivity index (χ0n) is 12.0. The number of pyridine rings is 1. The molecule has 0 saturated carbocycles. The highest BCUT2D eigenvalue weighted by Gasteiger charge is 2.28. The van der Waals surface area contributed by atoms with Gasteiger partial charge in [0.05, 0.1) is 11.6 Å². The molecule has 108 valence electrons. The van der Waals surface area contributed by atoms with Crippen molar-refractivity contribution in [2.75, 3.05) is 24.5 Å². The van der Waals surface area contributed by atoms with E-state index in [2.05, 4.69) is 17.1 Å². The molecular formula is C15H22N4O. The summed E-state index contributed by atoms with van der Waals surface area (Å²) in [7, 11) is 0. The van der Waals surface area contributed by atoms with Gasteiger partial charge < -0.3 is 16.0 Å². The van der Waals surface area contributed by atoms with Crippen molar-refractivity contribution in [3.8, 4) is 0 Å². The highest BCUT2D eigenvalue weighted by Crippen LogP contribution is 2.28. The summed E-state index contributed by atoms with van der Waals surface area (Å²) in [6.45, 7) is 4.85. The van der Waals surface area contributed by atoms with Crippen LogP contribution in [0.3, 0.4) is 0 Å². The van der Waals surface area contributed by atoms with E-state index in [9.17, 15) is 4.79 Å². The van der Waals surface area contributed by atoms with Crippen molar-refractivity contribution in [1.82, 2.24) is 10.3 Å². The van der Waals surface area contributed by atoms with Crippen molar-refractivity contribution in [1.29, 1.82) is 0 Å². The van der Waals surface area contributed by atoms with Crippen LogP contribution in [0, 0.1) is 0 Å². The second-order valence-corrected chi connectivity index (χ2v) is 5.63. The van der Waals surface area contributed by atoms with E-state index in [1.54, 1.807) is 0 Å². The zero-order valence-corrected chi connectivity index (χ0v) is 12.0. The van der Waals surface area contributed by atoms with Crippen molar-refractivity contribution >= 4 is 11.7 Å². The fourth-order valence-corrected chi connectivity index (χ4v) is 3.10. The Hall–Kier alpha value is -1.62. The Bertz CT molecular complexity index is 525. The van der Waals surface area contributed by atoms with Crippen LogP contribution in [0.2, 0.25) is 0 Å². The number of likely N-dealkylation sites (N-methyl/N-ethyl adjacent to an activating group) is 1. The van der Waals surface area contributed by atoms with E-state index in [-0.39, 0.29) is 5.91 Å². The number of carbonyl (C=O) groups excluding carboxylic acids is 1. The lowest BCUT2D eigenvalue weighted by Gasteiger charge is -2.39. The number of aryl methyl sites for hydroxylation is 2. The van der Waals surface area contributed by atoms with Crippen LogP contribution in [-0.4, -0.2) is 36.6 Å². The molecule has 5 heteroatoms. The first kappa shape index (κ1) is 13.4. The van der Waals surface area contributed by atoms with Gasteiger partial charge in [-0.15, -0.1) is 0 Å².